The van der Waals surface area contributed by atoms with E-state index >= 15 is 0 Å². The molecule has 3 atom stereocenters. The number of hydrogen-bond acceptors (Lipinski definition) is 2. The molecule has 20 heavy (non-hydrogen) atoms. The Labute approximate surface area is 117 Å². The van der Waals surface area contributed by atoms with Gasteiger partial charge < -0.3 is 10.4 Å². The first-order valence-corrected chi connectivity index (χ1v) is 6.77. The highest BCUT2D eigenvalue weighted by Crippen LogP contribution is 2.32. The number of nitrogens with one attached hydrogen (secondary N) is 1. The summed E-state index contributed by atoms with van der Waals surface area (Å²) in [6.45, 7) is 1.76. The molecule has 1 aromatic carbocycles. The lowest BCUT2D eigenvalue weighted by Gasteiger charge is -2.20. The minimum absolute atomic E-state index is 0.258. The van der Waals surface area contributed by atoms with E-state index in [4.69, 9.17) is 5.11 Å². The van der Waals surface area contributed by atoms with Crippen LogP contribution in [-0.4, -0.2) is 17.0 Å². The van der Waals surface area contributed by atoms with Gasteiger partial charge in [-0.15, -0.1) is 0 Å². The monoisotopic (exact) mass is 279 g/mol. The van der Waals surface area contributed by atoms with Gasteiger partial charge in [-0.3, -0.25) is 9.59 Å². The van der Waals surface area contributed by atoms with Crippen molar-refractivity contribution >= 4 is 11.9 Å². The second-order valence-electron chi connectivity index (χ2n) is 5.27. The number of aliphatic carboxylic acids is 1. The van der Waals surface area contributed by atoms with Gasteiger partial charge in [0.05, 0.1) is 17.9 Å². The average molecular weight is 279 g/mol. The molecular weight excluding hydrogens is 261 g/mol. The predicted octanol–water partition coefficient (Wildman–Crippen LogP) is 2.50. The predicted molar refractivity (Wildman–Crippen MR) is 71.4 cm³/mol. The highest BCUT2D eigenvalue weighted by Gasteiger charge is 2.38. The molecule has 2 unspecified atom stereocenters. The fourth-order valence-corrected chi connectivity index (χ4v) is 2.75. The average Bonchev–Trinajstić information content (AvgIpc) is 2.88. The molecule has 5 heteroatoms. The fourth-order valence-electron chi connectivity index (χ4n) is 2.75. The number of hydrogen-bond donors (Lipinski definition) is 2. The van der Waals surface area contributed by atoms with Crippen molar-refractivity contribution in [3.05, 3.63) is 35.6 Å². The van der Waals surface area contributed by atoms with E-state index in [1.807, 2.05) is 0 Å². The molecule has 0 bridgehead atoms. The maximum atomic E-state index is 13.1. The van der Waals surface area contributed by atoms with Crippen molar-refractivity contribution in [2.45, 2.75) is 32.2 Å². The normalized spacial score (nSPS) is 23.3. The number of carboxylic acid groups (broad SMARTS) is 1. The minimum Gasteiger partial charge on any atom is -0.481 e. The molecule has 0 radical (unpaired) electrons. The molecule has 1 aromatic rings. The number of carbonyl (C=O) groups excluding carboxylic acids is 1. The first kappa shape index (κ1) is 14.5. The summed E-state index contributed by atoms with van der Waals surface area (Å²) in [5.41, 5.74) is 0.670. The van der Waals surface area contributed by atoms with Crippen LogP contribution >= 0.6 is 0 Å². The number of rotatable bonds is 4. The van der Waals surface area contributed by atoms with Gasteiger partial charge in [0.15, 0.2) is 0 Å². The van der Waals surface area contributed by atoms with Gasteiger partial charge in [-0.25, -0.2) is 4.39 Å². The van der Waals surface area contributed by atoms with Gasteiger partial charge in [-0.1, -0.05) is 18.6 Å². The van der Waals surface area contributed by atoms with Crippen LogP contribution in [0.3, 0.4) is 0 Å². The van der Waals surface area contributed by atoms with Gasteiger partial charge in [0, 0.05) is 0 Å². The summed E-state index contributed by atoms with van der Waals surface area (Å²) in [4.78, 5) is 23.2. The van der Waals surface area contributed by atoms with Crippen LogP contribution in [0.1, 0.15) is 37.8 Å². The molecule has 0 saturated heterocycles. The third-order valence-electron chi connectivity index (χ3n) is 3.88. The van der Waals surface area contributed by atoms with Crippen molar-refractivity contribution < 1.29 is 19.1 Å². The third kappa shape index (κ3) is 3.15. The number of halogens is 1. The lowest BCUT2D eigenvalue weighted by molar-refractivity contribution is -0.146. The molecule has 1 aliphatic carbocycles. The van der Waals surface area contributed by atoms with Gasteiger partial charge in [0.2, 0.25) is 5.91 Å². The maximum Gasteiger partial charge on any atom is 0.307 e. The summed E-state index contributed by atoms with van der Waals surface area (Å²) in [5.74, 6) is -2.61. The van der Waals surface area contributed by atoms with Crippen LogP contribution in [0.5, 0.6) is 0 Å². The molecule has 2 N–H and O–H groups in total. The van der Waals surface area contributed by atoms with Crippen LogP contribution in [0.15, 0.2) is 24.3 Å². The van der Waals surface area contributed by atoms with E-state index in [0.717, 1.165) is 6.42 Å². The van der Waals surface area contributed by atoms with Crippen LogP contribution in [0.4, 0.5) is 4.39 Å². The SMILES string of the molecule is C[C@H](NC(=O)C1CCCC1C(=O)O)c1cccc(F)c1. The van der Waals surface area contributed by atoms with E-state index in [2.05, 4.69) is 5.32 Å². The molecule has 1 aliphatic rings. The Kier molecular flexibility index (Phi) is 4.37. The fraction of sp³-hybridized carbons (Fsp3) is 0.467. The molecule has 2 rings (SSSR count). The van der Waals surface area contributed by atoms with Crippen molar-refractivity contribution in [3.8, 4) is 0 Å². The van der Waals surface area contributed by atoms with E-state index in [0.29, 0.717) is 18.4 Å². The van der Waals surface area contributed by atoms with Crippen LogP contribution < -0.4 is 5.32 Å². The molecular formula is C15H18FNO3. The Bertz CT molecular complexity index is 518. The molecule has 1 fully saturated rings. The lowest BCUT2D eigenvalue weighted by atomic mass is 9.94. The van der Waals surface area contributed by atoms with Crippen LogP contribution in [0.25, 0.3) is 0 Å². The second kappa shape index (κ2) is 6.03. The van der Waals surface area contributed by atoms with Crippen LogP contribution in [0.2, 0.25) is 0 Å². The molecule has 1 saturated carbocycles. The topological polar surface area (TPSA) is 66.4 Å². The summed E-state index contributed by atoms with van der Waals surface area (Å²) in [6, 6.07) is 5.69. The number of carbonyl (C=O) groups is 2. The van der Waals surface area contributed by atoms with Gasteiger partial charge in [0.25, 0.3) is 0 Å². The van der Waals surface area contributed by atoms with Crippen LogP contribution in [0, 0.1) is 17.7 Å². The standard InChI is InChI=1S/C15H18FNO3/c1-9(10-4-2-5-11(16)8-10)17-14(18)12-6-3-7-13(12)15(19)20/h2,4-5,8-9,12-13H,3,6-7H2,1H3,(H,17,18)(H,19,20)/t9-,12?,13?/m0/s1. The zero-order chi connectivity index (χ0) is 14.7. The molecule has 0 spiro atoms. The Morgan fingerprint density at radius 3 is 2.70 bits per heavy atom. The molecule has 4 nitrogen and oxygen atoms in total. The molecule has 0 aromatic heterocycles. The van der Waals surface area contributed by atoms with Gasteiger partial charge in [0.1, 0.15) is 5.82 Å². The van der Waals surface area contributed by atoms with Gasteiger partial charge >= 0.3 is 5.97 Å². The zero-order valence-electron chi connectivity index (χ0n) is 11.3. The molecule has 1 amide bonds. The van der Waals surface area contributed by atoms with E-state index in [1.54, 1.807) is 19.1 Å². The first-order valence-electron chi connectivity index (χ1n) is 6.77. The minimum atomic E-state index is -0.916. The Hall–Kier alpha value is -1.91. The number of amides is 1. The summed E-state index contributed by atoms with van der Waals surface area (Å²) in [6.07, 6.45) is 1.89. The lowest BCUT2D eigenvalue weighted by Crippen LogP contribution is -2.36. The highest BCUT2D eigenvalue weighted by atomic mass is 19.1. The quantitative estimate of drug-likeness (QED) is 0.890. The highest BCUT2D eigenvalue weighted by molar-refractivity contribution is 5.85. The largest absolute Gasteiger partial charge is 0.481 e. The van der Waals surface area contributed by atoms with Crippen molar-refractivity contribution in [2.24, 2.45) is 11.8 Å². The van der Waals surface area contributed by atoms with E-state index < -0.39 is 17.8 Å². The van der Waals surface area contributed by atoms with Crippen molar-refractivity contribution in [1.29, 1.82) is 0 Å². The van der Waals surface area contributed by atoms with Crippen molar-refractivity contribution in [3.63, 3.8) is 0 Å². The molecule has 0 aliphatic heterocycles. The summed E-state index contributed by atoms with van der Waals surface area (Å²) < 4.78 is 13.1. The molecule has 108 valence electrons. The summed E-state index contributed by atoms with van der Waals surface area (Å²) in [7, 11) is 0. The van der Waals surface area contributed by atoms with E-state index in [9.17, 15) is 14.0 Å². The number of carboxylic acids is 1. The summed E-state index contributed by atoms with van der Waals surface area (Å²) >= 11 is 0. The van der Waals surface area contributed by atoms with Gasteiger partial charge in [-0.05, 0) is 37.5 Å². The van der Waals surface area contributed by atoms with E-state index in [-0.39, 0.29) is 17.8 Å². The maximum absolute atomic E-state index is 13.1. The van der Waals surface area contributed by atoms with Crippen molar-refractivity contribution in [1.82, 2.24) is 5.32 Å². The Morgan fingerprint density at radius 1 is 1.35 bits per heavy atom. The first-order chi connectivity index (χ1) is 9.49. The Morgan fingerprint density at radius 2 is 2.05 bits per heavy atom. The second-order valence-corrected chi connectivity index (χ2v) is 5.27. The smallest absolute Gasteiger partial charge is 0.307 e. The summed E-state index contributed by atoms with van der Waals surface area (Å²) in [5, 5.41) is 11.9. The number of benzene rings is 1. The third-order valence-corrected chi connectivity index (χ3v) is 3.88. The zero-order valence-corrected chi connectivity index (χ0v) is 11.3. The van der Waals surface area contributed by atoms with Gasteiger partial charge in [-0.2, -0.15) is 0 Å². The van der Waals surface area contributed by atoms with Crippen molar-refractivity contribution in [2.75, 3.05) is 0 Å². The van der Waals surface area contributed by atoms with Crippen LogP contribution in [-0.2, 0) is 9.59 Å². The van der Waals surface area contributed by atoms with E-state index in [1.165, 1.54) is 12.1 Å². The Balaban J connectivity index is 2.02. The molecule has 0 heterocycles.